The Morgan fingerprint density at radius 1 is 1.36 bits per heavy atom. The molecule has 60 valence electrons. The van der Waals surface area contributed by atoms with Crippen molar-refractivity contribution in [3.8, 4) is 0 Å². The summed E-state index contributed by atoms with van der Waals surface area (Å²) >= 11 is 0. The van der Waals surface area contributed by atoms with Gasteiger partial charge in [-0.15, -0.1) is 0 Å². The second-order valence-corrected chi connectivity index (χ2v) is 2.79. The molecule has 2 N–H and O–H groups in total. The first-order valence-electron chi connectivity index (χ1n) is 3.75. The third-order valence-electron chi connectivity index (χ3n) is 1.53. The molecule has 1 aromatic heterocycles. The van der Waals surface area contributed by atoms with Gasteiger partial charge in [0.25, 0.3) is 0 Å². The van der Waals surface area contributed by atoms with Crippen molar-refractivity contribution < 1.29 is 0 Å². The third-order valence-corrected chi connectivity index (χ3v) is 1.53. The van der Waals surface area contributed by atoms with E-state index >= 15 is 0 Å². The Kier molecular flexibility index (Phi) is 2.54. The van der Waals surface area contributed by atoms with Crippen LogP contribution in [-0.2, 0) is 6.54 Å². The smallest absolute Gasteiger partial charge is 0.0722 e. The van der Waals surface area contributed by atoms with Crippen LogP contribution in [0.4, 0.5) is 0 Å². The highest BCUT2D eigenvalue weighted by Crippen LogP contribution is 2.08. The summed E-state index contributed by atoms with van der Waals surface area (Å²) in [6.45, 7) is 4.64. The summed E-state index contributed by atoms with van der Waals surface area (Å²) in [4.78, 5) is 8.34. The molecule has 0 radical (unpaired) electrons. The molecule has 0 aliphatic heterocycles. The van der Waals surface area contributed by atoms with Crippen LogP contribution in [0.15, 0.2) is 12.4 Å². The van der Waals surface area contributed by atoms with Crippen molar-refractivity contribution in [1.29, 1.82) is 0 Å². The number of nitrogens with two attached hydrogens (primary N) is 1. The predicted octanol–water partition coefficient (Wildman–Crippen LogP) is 1.06. The van der Waals surface area contributed by atoms with Crippen molar-refractivity contribution in [1.82, 2.24) is 9.97 Å². The summed E-state index contributed by atoms with van der Waals surface area (Å²) in [5, 5.41) is 0. The van der Waals surface area contributed by atoms with Crippen LogP contribution in [0.3, 0.4) is 0 Å². The van der Waals surface area contributed by atoms with E-state index in [0.29, 0.717) is 12.5 Å². The lowest BCUT2D eigenvalue weighted by Gasteiger charge is -2.02. The van der Waals surface area contributed by atoms with Gasteiger partial charge in [-0.2, -0.15) is 0 Å². The van der Waals surface area contributed by atoms with E-state index in [0.717, 1.165) is 11.4 Å². The zero-order chi connectivity index (χ0) is 8.27. The molecule has 0 aromatic carbocycles. The zero-order valence-corrected chi connectivity index (χ0v) is 6.91. The van der Waals surface area contributed by atoms with E-state index in [1.165, 1.54) is 0 Å². The van der Waals surface area contributed by atoms with Crippen LogP contribution in [0.1, 0.15) is 31.2 Å². The second kappa shape index (κ2) is 3.44. The molecule has 0 saturated carbocycles. The van der Waals surface area contributed by atoms with E-state index in [2.05, 4.69) is 23.8 Å². The molecule has 3 nitrogen and oxygen atoms in total. The Bertz CT molecular complexity index is 215. The molecule has 1 aromatic rings. The van der Waals surface area contributed by atoms with Gasteiger partial charge in [0.15, 0.2) is 0 Å². The Morgan fingerprint density at radius 3 is 2.45 bits per heavy atom. The molecule has 0 atom stereocenters. The third kappa shape index (κ3) is 1.98. The molecule has 1 heterocycles. The molecule has 0 saturated heterocycles. The quantitative estimate of drug-likeness (QED) is 0.687. The van der Waals surface area contributed by atoms with Gasteiger partial charge in [0.05, 0.1) is 17.6 Å². The summed E-state index contributed by atoms with van der Waals surface area (Å²) < 4.78 is 0. The fourth-order valence-corrected chi connectivity index (χ4v) is 0.768. The Hall–Kier alpha value is -0.960. The van der Waals surface area contributed by atoms with Gasteiger partial charge in [-0.3, -0.25) is 9.97 Å². The van der Waals surface area contributed by atoms with E-state index in [4.69, 9.17) is 5.73 Å². The molecular weight excluding hydrogens is 138 g/mol. The SMILES string of the molecule is CC(C)c1cnc(CN)cn1. The van der Waals surface area contributed by atoms with Gasteiger partial charge < -0.3 is 5.73 Å². The van der Waals surface area contributed by atoms with Crippen LogP contribution in [0.5, 0.6) is 0 Å². The maximum absolute atomic E-state index is 5.37. The highest BCUT2D eigenvalue weighted by atomic mass is 14.8. The Balaban J connectivity index is 2.83. The van der Waals surface area contributed by atoms with Crippen molar-refractivity contribution in [2.24, 2.45) is 5.73 Å². The summed E-state index contributed by atoms with van der Waals surface area (Å²) in [7, 11) is 0. The van der Waals surface area contributed by atoms with E-state index in [1.807, 2.05) is 0 Å². The van der Waals surface area contributed by atoms with Crippen LogP contribution >= 0.6 is 0 Å². The average Bonchev–Trinajstić information content (AvgIpc) is 2.05. The first-order chi connectivity index (χ1) is 5.24. The molecule has 0 spiro atoms. The summed E-state index contributed by atoms with van der Waals surface area (Å²) in [5.74, 6) is 0.439. The molecule has 0 fully saturated rings. The minimum atomic E-state index is 0.439. The number of hydrogen-bond acceptors (Lipinski definition) is 3. The first-order valence-corrected chi connectivity index (χ1v) is 3.75. The van der Waals surface area contributed by atoms with Crippen molar-refractivity contribution in [3.05, 3.63) is 23.8 Å². The van der Waals surface area contributed by atoms with Gasteiger partial charge >= 0.3 is 0 Å². The van der Waals surface area contributed by atoms with E-state index in [1.54, 1.807) is 12.4 Å². The van der Waals surface area contributed by atoms with E-state index < -0.39 is 0 Å². The van der Waals surface area contributed by atoms with Crippen LogP contribution in [-0.4, -0.2) is 9.97 Å². The lowest BCUT2D eigenvalue weighted by atomic mass is 10.1. The van der Waals surface area contributed by atoms with Crippen molar-refractivity contribution in [2.75, 3.05) is 0 Å². The molecule has 0 unspecified atom stereocenters. The predicted molar refractivity (Wildman–Crippen MR) is 44.0 cm³/mol. The fourth-order valence-electron chi connectivity index (χ4n) is 0.768. The summed E-state index contributed by atoms with van der Waals surface area (Å²) in [6, 6.07) is 0. The zero-order valence-electron chi connectivity index (χ0n) is 6.91. The summed E-state index contributed by atoms with van der Waals surface area (Å²) in [5.41, 5.74) is 7.23. The van der Waals surface area contributed by atoms with E-state index in [9.17, 15) is 0 Å². The molecular formula is C8H13N3. The van der Waals surface area contributed by atoms with Gasteiger partial charge in [-0.1, -0.05) is 13.8 Å². The van der Waals surface area contributed by atoms with Crippen LogP contribution in [0, 0.1) is 0 Å². The monoisotopic (exact) mass is 151 g/mol. The second-order valence-electron chi connectivity index (χ2n) is 2.79. The maximum Gasteiger partial charge on any atom is 0.0722 e. The van der Waals surface area contributed by atoms with Crippen LogP contribution in [0.2, 0.25) is 0 Å². The minimum absolute atomic E-state index is 0.439. The number of rotatable bonds is 2. The van der Waals surface area contributed by atoms with Gasteiger partial charge in [0, 0.05) is 12.7 Å². The van der Waals surface area contributed by atoms with Gasteiger partial charge in [0.2, 0.25) is 0 Å². The molecule has 0 bridgehead atoms. The highest BCUT2D eigenvalue weighted by molar-refractivity contribution is 5.05. The molecule has 1 rings (SSSR count). The average molecular weight is 151 g/mol. The molecule has 0 aliphatic rings. The standard InChI is InChI=1S/C8H13N3/c1-6(2)8-5-10-7(3-9)4-11-8/h4-6H,3,9H2,1-2H3. The molecule has 0 amide bonds. The van der Waals surface area contributed by atoms with Crippen molar-refractivity contribution in [2.45, 2.75) is 26.3 Å². The number of hydrogen-bond donors (Lipinski definition) is 1. The lowest BCUT2D eigenvalue weighted by Crippen LogP contribution is -2.02. The molecule has 3 heteroatoms. The fraction of sp³-hybridized carbons (Fsp3) is 0.500. The highest BCUT2D eigenvalue weighted by Gasteiger charge is 1.99. The minimum Gasteiger partial charge on any atom is -0.325 e. The normalized spacial score (nSPS) is 10.5. The summed E-state index contributed by atoms with van der Waals surface area (Å²) in [6.07, 6.45) is 3.52. The van der Waals surface area contributed by atoms with Gasteiger partial charge in [-0.05, 0) is 5.92 Å². The molecule has 0 aliphatic carbocycles. The topological polar surface area (TPSA) is 51.8 Å². The molecule has 11 heavy (non-hydrogen) atoms. The maximum atomic E-state index is 5.37. The van der Waals surface area contributed by atoms with Gasteiger partial charge in [-0.25, -0.2) is 0 Å². The van der Waals surface area contributed by atoms with Crippen molar-refractivity contribution >= 4 is 0 Å². The van der Waals surface area contributed by atoms with Crippen LogP contribution < -0.4 is 5.73 Å². The van der Waals surface area contributed by atoms with Crippen LogP contribution in [0.25, 0.3) is 0 Å². The first kappa shape index (κ1) is 8.14. The Labute approximate surface area is 66.7 Å². The van der Waals surface area contributed by atoms with Crippen molar-refractivity contribution in [3.63, 3.8) is 0 Å². The largest absolute Gasteiger partial charge is 0.325 e. The van der Waals surface area contributed by atoms with E-state index in [-0.39, 0.29) is 0 Å². The number of aromatic nitrogens is 2. The number of nitrogens with zero attached hydrogens (tertiary/aromatic N) is 2. The Morgan fingerprint density at radius 2 is 2.09 bits per heavy atom. The van der Waals surface area contributed by atoms with Gasteiger partial charge in [0.1, 0.15) is 0 Å². The lowest BCUT2D eigenvalue weighted by molar-refractivity contribution is 0.799.